The minimum atomic E-state index is -4.34. The first kappa shape index (κ1) is 12.6. The first-order chi connectivity index (χ1) is 7.35. The number of rotatable bonds is 2. The number of anilines is 1. The lowest BCUT2D eigenvalue weighted by Crippen LogP contribution is -2.31. The largest absolute Gasteiger partial charge is 0.405 e. The highest BCUT2D eigenvalue weighted by Gasteiger charge is 2.30. The second kappa shape index (κ2) is 4.58. The lowest BCUT2D eigenvalue weighted by molar-refractivity contribution is -0.119. The molecule has 0 aliphatic rings. The van der Waals surface area contributed by atoms with Gasteiger partial charge in [-0.25, -0.2) is 4.98 Å². The van der Waals surface area contributed by atoms with Gasteiger partial charge < -0.3 is 4.90 Å². The van der Waals surface area contributed by atoms with E-state index in [1.165, 1.54) is 19.3 Å². The lowest BCUT2D eigenvalue weighted by atomic mass is 10.3. The van der Waals surface area contributed by atoms with Gasteiger partial charge in [-0.05, 0) is 6.07 Å². The van der Waals surface area contributed by atoms with Crippen LogP contribution in [-0.4, -0.2) is 24.8 Å². The molecular formula is C9H7ClF3N3. The fourth-order valence-corrected chi connectivity index (χ4v) is 1.43. The van der Waals surface area contributed by atoms with Crippen molar-refractivity contribution in [3.8, 4) is 6.07 Å². The molecule has 1 aromatic heterocycles. The van der Waals surface area contributed by atoms with Crippen LogP contribution in [0.1, 0.15) is 5.56 Å². The van der Waals surface area contributed by atoms with Crippen LogP contribution in [0.3, 0.4) is 0 Å². The van der Waals surface area contributed by atoms with E-state index in [0.717, 1.165) is 4.90 Å². The SMILES string of the molecule is CN(CC(F)(F)F)c1nccc(C#N)c1Cl. The van der Waals surface area contributed by atoms with Gasteiger partial charge >= 0.3 is 6.18 Å². The third-order valence-electron chi connectivity index (χ3n) is 1.77. The Balaban J connectivity index is 3.01. The Hall–Kier alpha value is -1.48. The molecule has 16 heavy (non-hydrogen) atoms. The van der Waals surface area contributed by atoms with Crippen molar-refractivity contribution < 1.29 is 13.2 Å². The highest BCUT2D eigenvalue weighted by Crippen LogP contribution is 2.27. The standard InChI is InChI=1S/C9H7ClF3N3/c1-16(5-9(11,12)13)8-7(10)6(4-14)2-3-15-8/h2-3H,5H2,1H3. The van der Waals surface area contributed by atoms with Crippen molar-refractivity contribution in [2.75, 3.05) is 18.5 Å². The summed E-state index contributed by atoms with van der Waals surface area (Å²) in [5, 5.41) is 8.58. The van der Waals surface area contributed by atoms with Crippen LogP contribution in [0.25, 0.3) is 0 Å². The van der Waals surface area contributed by atoms with Crippen molar-refractivity contribution in [2.24, 2.45) is 0 Å². The van der Waals surface area contributed by atoms with E-state index in [0.29, 0.717) is 0 Å². The van der Waals surface area contributed by atoms with Crippen LogP contribution in [0.5, 0.6) is 0 Å². The summed E-state index contributed by atoms with van der Waals surface area (Å²) in [6.07, 6.45) is -3.10. The van der Waals surface area contributed by atoms with E-state index in [-0.39, 0.29) is 16.4 Å². The molecule has 7 heteroatoms. The molecule has 86 valence electrons. The number of pyridine rings is 1. The predicted octanol–water partition coefficient (Wildman–Crippen LogP) is 2.61. The summed E-state index contributed by atoms with van der Waals surface area (Å²) in [5.41, 5.74) is 0.0979. The van der Waals surface area contributed by atoms with Crippen LogP contribution in [0.15, 0.2) is 12.3 Å². The second-order valence-corrected chi connectivity index (χ2v) is 3.46. The number of hydrogen-bond acceptors (Lipinski definition) is 3. The van der Waals surface area contributed by atoms with Gasteiger partial charge in [0.05, 0.1) is 5.56 Å². The van der Waals surface area contributed by atoms with Crippen LogP contribution in [0.2, 0.25) is 5.02 Å². The van der Waals surface area contributed by atoms with Gasteiger partial charge in [-0.15, -0.1) is 0 Å². The number of halogens is 4. The van der Waals surface area contributed by atoms with Crippen molar-refractivity contribution >= 4 is 17.4 Å². The first-order valence-electron chi connectivity index (χ1n) is 4.17. The number of alkyl halides is 3. The van der Waals surface area contributed by atoms with Gasteiger partial charge in [0.25, 0.3) is 0 Å². The molecule has 0 bridgehead atoms. The molecule has 1 aromatic rings. The van der Waals surface area contributed by atoms with Gasteiger partial charge in [0.15, 0.2) is 0 Å². The van der Waals surface area contributed by atoms with E-state index in [9.17, 15) is 13.2 Å². The summed E-state index contributed by atoms with van der Waals surface area (Å²) in [6, 6.07) is 3.11. The van der Waals surface area contributed by atoms with Crippen molar-refractivity contribution in [2.45, 2.75) is 6.18 Å². The van der Waals surface area contributed by atoms with E-state index in [1.54, 1.807) is 6.07 Å². The van der Waals surface area contributed by atoms with Gasteiger partial charge in [0.1, 0.15) is 23.5 Å². The Morgan fingerprint density at radius 1 is 1.56 bits per heavy atom. The summed E-state index contributed by atoms with van der Waals surface area (Å²) in [5.74, 6) is -0.0574. The number of aromatic nitrogens is 1. The Kier molecular flexibility index (Phi) is 3.60. The molecule has 0 saturated carbocycles. The molecule has 0 aliphatic carbocycles. The Bertz CT molecular complexity index is 425. The van der Waals surface area contributed by atoms with Crippen LogP contribution in [0.4, 0.5) is 19.0 Å². The normalized spacial score (nSPS) is 11.0. The zero-order valence-corrected chi connectivity index (χ0v) is 8.97. The molecule has 0 radical (unpaired) electrons. The number of nitrogens with zero attached hydrogens (tertiary/aromatic N) is 3. The van der Waals surface area contributed by atoms with Gasteiger partial charge in [-0.1, -0.05) is 11.6 Å². The van der Waals surface area contributed by atoms with Gasteiger partial charge in [0.2, 0.25) is 0 Å². The number of nitriles is 1. The van der Waals surface area contributed by atoms with Crippen molar-refractivity contribution in [3.63, 3.8) is 0 Å². The Morgan fingerprint density at radius 2 is 2.19 bits per heavy atom. The van der Waals surface area contributed by atoms with Crippen LogP contribution < -0.4 is 4.90 Å². The van der Waals surface area contributed by atoms with E-state index in [2.05, 4.69) is 4.98 Å². The lowest BCUT2D eigenvalue weighted by Gasteiger charge is -2.20. The first-order valence-corrected chi connectivity index (χ1v) is 4.55. The molecule has 0 amide bonds. The van der Waals surface area contributed by atoms with Gasteiger partial charge in [-0.3, -0.25) is 0 Å². The summed E-state index contributed by atoms with van der Waals surface area (Å²) in [4.78, 5) is 4.56. The second-order valence-electron chi connectivity index (χ2n) is 3.08. The van der Waals surface area contributed by atoms with Crippen LogP contribution >= 0.6 is 11.6 Å². The summed E-state index contributed by atoms with van der Waals surface area (Å²) >= 11 is 5.74. The van der Waals surface area contributed by atoms with E-state index >= 15 is 0 Å². The van der Waals surface area contributed by atoms with E-state index in [4.69, 9.17) is 16.9 Å². The molecule has 0 atom stereocenters. The van der Waals surface area contributed by atoms with E-state index < -0.39 is 12.7 Å². The molecule has 1 rings (SSSR count). The number of hydrogen-bond donors (Lipinski definition) is 0. The third-order valence-corrected chi connectivity index (χ3v) is 2.14. The maximum Gasteiger partial charge on any atom is 0.405 e. The van der Waals surface area contributed by atoms with Gasteiger partial charge in [0, 0.05) is 13.2 Å². The van der Waals surface area contributed by atoms with Crippen molar-refractivity contribution in [1.29, 1.82) is 5.26 Å². The summed E-state index contributed by atoms with van der Waals surface area (Å²) in [6.45, 7) is -1.17. The fourth-order valence-electron chi connectivity index (χ4n) is 1.13. The molecule has 1 heterocycles. The molecule has 0 saturated heterocycles. The predicted molar refractivity (Wildman–Crippen MR) is 53.3 cm³/mol. The fraction of sp³-hybridized carbons (Fsp3) is 0.333. The quantitative estimate of drug-likeness (QED) is 0.809. The zero-order valence-electron chi connectivity index (χ0n) is 8.22. The highest BCUT2D eigenvalue weighted by atomic mass is 35.5. The Morgan fingerprint density at radius 3 is 2.69 bits per heavy atom. The molecule has 0 N–H and O–H groups in total. The van der Waals surface area contributed by atoms with E-state index in [1.807, 2.05) is 0 Å². The summed E-state index contributed by atoms with van der Waals surface area (Å²) < 4.78 is 36.4. The van der Waals surface area contributed by atoms with Crippen LogP contribution in [-0.2, 0) is 0 Å². The maximum atomic E-state index is 12.1. The minimum absolute atomic E-state index is 0.0574. The maximum absolute atomic E-state index is 12.1. The minimum Gasteiger partial charge on any atom is -0.349 e. The van der Waals surface area contributed by atoms with Gasteiger partial charge in [-0.2, -0.15) is 18.4 Å². The van der Waals surface area contributed by atoms with Crippen molar-refractivity contribution in [3.05, 3.63) is 22.8 Å². The average molecular weight is 250 g/mol. The van der Waals surface area contributed by atoms with Crippen LogP contribution in [0, 0.1) is 11.3 Å². The molecule has 0 spiro atoms. The molecule has 0 aromatic carbocycles. The zero-order chi connectivity index (χ0) is 12.3. The molecule has 0 fully saturated rings. The molecule has 3 nitrogen and oxygen atoms in total. The van der Waals surface area contributed by atoms with Crippen molar-refractivity contribution in [1.82, 2.24) is 4.98 Å². The highest BCUT2D eigenvalue weighted by molar-refractivity contribution is 6.34. The smallest absolute Gasteiger partial charge is 0.349 e. The summed E-state index contributed by atoms with van der Waals surface area (Å²) in [7, 11) is 1.21. The molecule has 0 aliphatic heterocycles. The topological polar surface area (TPSA) is 39.9 Å². The third kappa shape index (κ3) is 3.00. The monoisotopic (exact) mass is 249 g/mol. The molecular weight excluding hydrogens is 243 g/mol. The average Bonchev–Trinajstić information content (AvgIpc) is 2.15. The Labute approximate surface area is 95.1 Å². The molecule has 0 unspecified atom stereocenters.